The van der Waals surface area contributed by atoms with Crippen LogP contribution in [0.2, 0.25) is 0 Å². The van der Waals surface area contributed by atoms with Crippen LogP contribution in [0, 0.1) is 6.92 Å². The Hall–Kier alpha value is -2.70. The Morgan fingerprint density at radius 3 is 2.92 bits per heavy atom. The monoisotopic (exact) mass is 343 g/mol. The van der Waals surface area contributed by atoms with Crippen LogP contribution in [-0.4, -0.2) is 43.9 Å². The van der Waals surface area contributed by atoms with Gasteiger partial charge in [0.2, 0.25) is 0 Å². The molecule has 1 fully saturated rings. The molecule has 132 valence electrons. The molecule has 3 heterocycles. The highest BCUT2D eigenvalue weighted by Crippen LogP contribution is 2.22. The zero-order chi connectivity index (χ0) is 18.0. The van der Waals surface area contributed by atoms with E-state index in [9.17, 15) is 14.4 Å². The third-order valence-electron chi connectivity index (χ3n) is 4.68. The molecule has 1 saturated heterocycles. The Kier molecular flexibility index (Phi) is 4.83. The van der Waals surface area contributed by atoms with Crippen molar-refractivity contribution in [2.24, 2.45) is 0 Å². The normalized spacial score (nSPS) is 17.6. The first-order valence-corrected chi connectivity index (χ1v) is 8.48. The Balaban J connectivity index is 1.92. The van der Waals surface area contributed by atoms with Crippen LogP contribution >= 0.6 is 0 Å². The number of hydrogen-bond donors (Lipinski definition) is 1. The van der Waals surface area contributed by atoms with Crippen molar-refractivity contribution in [1.29, 1.82) is 0 Å². The van der Waals surface area contributed by atoms with E-state index in [4.69, 9.17) is 5.11 Å². The largest absolute Gasteiger partial charge is 0.481 e. The predicted molar refractivity (Wildman–Crippen MR) is 91.7 cm³/mol. The molecule has 3 rings (SSSR count). The molecule has 7 nitrogen and oxygen atoms in total. The number of piperidine rings is 1. The number of likely N-dealkylation sites (tertiary alicyclic amines) is 1. The maximum atomic E-state index is 12.9. The average Bonchev–Trinajstić information content (AvgIpc) is 2.60. The Morgan fingerprint density at radius 1 is 1.36 bits per heavy atom. The topological polar surface area (TPSA) is 92.0 Å². The maximum absolute atomic E-state index is 12.9. The van der Waals surface area contributed by atoms with Gasteiger partial charge in [0, 0.05) is 31.4 Å². The molecule has 1 N–H and O–H groups in total. The zero-order valence-electron chi connectivity index (χ0n) is 14.1. The molecule has 0 bridgehead atoms. The van der Waals surface area contributed by atoms with Gasteiger partial charge >= 0.3 is 5.97 Å². The molecule has 1 amide bonds. The fourth-order valence-electron chi connectivity index (χ4n) is 3.34. The van der Waals surface area contributed by atoms with Gasteiger partial charge in [-0.15, -0.1) is 0 Å². The third kappa shape index (κ3) is 3.55. The zero-order valence-corrected chi connectivity index (χ0v) is 14.1. The Morgan fingerprint density at radius 2 is 2.16 bits per heavy atom. The smallest absolute Gasteiger partial charge is 0.303 e. The molecule has 0 radical (unpaired) electrons. The summed E-state index contributed by atoms with van der Waals surface area (Å²) in [6.07, 6.45) is 5.96. The van der Waals surface area contributed by atoms with Crippen LogP contribution in [0.1, 0.15) is 48.0 Å². The third-order valence-corrected chi connectivity index (χ3v) is 4.68. The van der Waals surface area contributed by atoms with Crippen molar-refractivity contribution in [3.63, 3.8) is 0 Å². The van der Waals surface area contributed by atoms with E-state index in [1.54, 1.807) is 23.2 Å². The summed E-state index contributed by atoms with van der Waals surface area (Å²) < 4.78 is 1.37. The van der Waals surface area contributed by atoms with Gasteiger partial charge in [0.25, 0.3) is 11.5 Å². The van der Waals surface area contributed by atoms with Crippen LogP contribution in [0.25, 0.3) is 5.65 Å². The lowest BCUT2D eigenvalue weighted by Crippen LogP contribution is -2.45. The number of carboxylic acids is 1. The molecular weight excluding hydrogens is 322 g/mol. The van der Waals surface area contributed by atoms with E-state index < -0.39 is 11.5 Å². The fourth-order valence-corrected chi connectivity index (χ4v) is 3.34. The van der Waals surface area contributed by atoms with Crippen molar-refractivity contribution < 1.29 is 14.7 Å². The SMILES string of the molecule is Cc1ccn2c(=O)c(C(=O)N3CCCCC3CCC(=O)O)cnc2c1. The van der Waals surface area contributed by atoms with Crippen LogP contribution in [-0.2, 0) is 4.79 Å². The number of hydrogen-bond acceptors (Lipinski definition) is 4. The van der Waals surface area contributed by atoms with Gasteiger partial charge < -0.3 is 10.0 Å². The molecule has 2 aromatic rings. The van der Waals surface area contributed by atoms with Gasteiger partial charge in [-0.3, -0.25) is 18.8 Å². The summed E-state index contributed by atoms with van der Waals surface area (Å²) in [4.78, 5) is 42.3. The Labute approximate surface area is 144 Å². The highest BCUT2D eigenvalue weighted by molar-refractivity contribution is 5.94. The molecule has 1 aliphatic heterocycles. The highest BCUT2D eigenvalue weighted by Gasteiger charge is 2.29. The number of carbonyl (C=O) groups is 2. The molecule has 1 atom stereocenters. The lowest BCUT2D eigenvalue weighted by Gasteiger charge is -2.35. The van der Waals surface area contributed by atoms with Gasteiger partial charge in [-0.05, 0) is 50.3 Å². The first-order valence-electron chi connectivity index (χ1n) is 8.48. The van der Waals surface area contributed by atoms with Crippen molar-refractivity contribution in [2.45, 2.75) is 45.1 Å². The lowest BCUT2D eigenvalue weighted by molar-refractivity contribution is -0.137. The summed E-state index contributed by atoms with van der Waals surface area (Å²) in [7, 11) is 0. The van der Waals surface area contributed by atoms with E-state index in [0.717, 1.165) is 24.8 Å². The van der Waals surface area contributed by atoms with Crippen molar-refractivity contribution in [3.05, 3.63) is 46.0 Å². The van der Waals surface area contributed by atoms with Gasteiger partial charge in [0.05, 0.1) is 0 Å². The Bertz CT molecular complexity index is 874. The second-order valence-corrected chi connectivity index (χ2v) is 6.49. The second-order valence-electron chi connectivity index (χ2n) is 6.49. The van der Waals surface area contributed by atoms with E-state index in [1.807, 2.05) is 6.92 Å². The van der Waals surface area contributed by atoms with Crippen LogP contribution in [0.4, 0.5) is 0 Å². The van der Waals surface area contributed by atoms with Crippen molar-refractivity contribution >= 4 is 17.5 Å². The van der Waals surface area contributed by atoms with Crippen LogP contribution in [0.5, 0.6) is 0 Å². The van der Waals surface area contributed by atoms with Gasteiger partial charge in [-0.2, -0.15) is 0 Å². The summed E-state index contributed by atoms with van der Waals surface area (Å²) in [5, 5.41) is 8.90. The minimum absolute atomic E-state index is 0.0165. The molecule has 25 heavy (non-hydrogen) atoms. The minimum Gasteiger partial charge on any atom is -0.481 e. The number of pyridine rings is 1. The van der Waals surface area contributed by atoms with Gasteiger partial charge in [-0.1, -0.05) is 0 Å². The summed E-state index contributed by atoms with van der Waals surface area (Å²) in [6, 6.07) is 3.43. The molecule has 0 aliphatic carbocycles. The first-order chi connectivity index (χ1) is 12.0. The molecule has 0 spiro atoms. The molecule has 0 aromatic carbocycles. The van der Waals surface area contributed by atoms with Crippen LogP contribution in [0.15, 0.2) is 29.3 Å². The van der Waals surface area contributed by atoms with Crippen molar-refractivity contribution in [2.75, 3.05) is 6.54 Å². The number of carboxylic acid groups (broad SMARTS) is 1. The molecule has 7 heteroatoms. The number of fused-ring (bicyclic) bond motifs is 1. The highest BCUT2D eigenvalue weighted by atomic mass is 16.4. The second kappa shape index (κ2) is 7.04. The predicted octanol–water partition coefficient (Wildman–Crippen LogP) is 1.86. The number of aliphatic carboxylic acids is 1. The summed E-state index contributed by atoms with van der Waals surface area (Å²) in [6.45, 7) is 2.45. The standard InChI is InChI=1S/C18H21N3O4/c1-12-7-9-21-15(10-12)19-11-14(18(21)25)17(24)20-8-3-2-4-13(20)5-6-16(22)23/h7,9-11,13H,2-6,8H2,1H3,(H,22,23). The van der Waals surface area contributed by atoms with Crippen LogP contribution < -0.4 is 5.56 Å². The number of rotatable bonds is 4. The summed E-state index contributed by atoms with van der Waals surface area (Å²) >= 11 is 0. The number of carbonyl (C=O) groups excluding carboxylic acids is 1. The quantitative estimate of drug-likeness (QED) is 0.915. The van der Waals surface area contributed by atoms with E-state index in [-0.39, 0.29) is 23.9 Å². The van der Waals surface area contributed by atoms with Gasteiger partial charge in [0.1, 0.15) is 11.2 Å². The van der Waals surface area contributed by atoms with Crippen molar-refractivity contribution in [1.82, 2.24) is 14.3 Å². The molecule has 0 saturated carbocycles. The molecule has 2 aromatic heterocycles. The number of aryl methyl sites for hydroxylation is 1. The lowest BCUT2D eigenvalue weighted by atomic mass is 9.97. The van der Waals surface area contributed by atoms with E-state index in [0.29, 0.717) is 18.6 Å². The summed E-state index contributed by atoms with van der Waals surface area (Å²) in [5.41, 5.74) is 1.12. The number of amides is 1. The van der Waals surface area contributed by atoms with E-state index in [2.05, 4.69) is 4.98 Å². The van der Waals surface area contributed by atoms with E-state index in [1.165, 1.54) is 10.6 Å². The first kappa shape index (κ1) is 17.1. The van der Waals surface area contributed by atoms with Gasteiger partial charge in [0.15, 0.2) is 0 Å². The number of aromatic nitrogens is 2. The summed E-state index contributed by atoms with van der Waals surface area (Å²) in [5.74, 6) is -1.23. The molecule has 1 unspecified atom stereocenters. The molecule has 1 aliphatic rings. The van der Waals surface area contributed by atoms with Crippen molar-refractivity contribution in [3.8, 4) is 0 Å². The molecular formula is C18H21N3O4. The van der Waals surface area contributed by atoms with Gasteiger partial charge in [-0.25, -0.2) is 4.98 Å². The number of nitrogens with zero attached hydrogens (tertiary/aromatic N) is 3. The fraction of sp³-hybridized carbons (Fsp3) is 0.444. The maximum Gasteiger partial charge on any atom is 0.303 e. The van der Waals surface area contributed by atoms with E-state index >= 15 is 0 Å². The van der Waals surface area contributed by atoms with Crippen LogP contribution in [0.3, 0.4) is 0 Å². The average molecular weight is 343 g/mol. The minimum atomic E-state index is -0.874.